The van der Waals surface area contributed by atoms with Gasteiger partial charge in [0.05, 0.1) is 0 Å². The Morgan fingerprint density at radius 3 is 3.06 bits per heavy atom. The van der Waals surface area contributed by atoms with Crippen LogP contribution in [-0.4, -0.2) is 10.6 Å². The topological polar surface area (TPSA) is 30.9 Å². The largest absolute Gasteiger partial charge is 0.347 e. The van der Waals surface area contributed by atoms with E-state index in [2.05, 4.69) is 45.7 Å². The van der Waals surface area contributed by atoms with Crippen molar-refractivity contribution >= 4 is 26.8 Å². The fourth-order valence-corrected chi connectivity index (χ4v) is 3.13. The second kappa shape index (κ2) is 3.60. The van der Waals surface area contributed by atoms with Crippen molar-refractivity contribution in [3.05, 3.63) is 33.9 Å². The Morgan fingerprint density at radius 1 is 1.44 bits per heavy atom. The molecule has 3 heteroatoms. The van der Waals surface area contributed by atoms with Crippen LogP contribution >= 0.6 is 15.9 Å². The van der Waals surface area contributed by atoms with Crippen LogP contribution in [0, 0.1) is 0 Å². The maximum Gasteiger partial charge on any atom is 0.0483 e. The number of hydrogen-bond acceptors (Lipinski definition) is 1. The average molecular weight is 279 g/mol. The Bertz CT molecular complexity index is 557. The second-order valence-corrected chi connectivity index (χ2v) is 5.56. The zero-order valence-electron chi connectivity index (χ0n) is 9.33. The highest BCUT2D eigenvalue weighted by Crippen LogP contribution is 2.32. The Hall–Kier alpha value is -0.800. The van der Waals surface area contributed by atoms with Crippen LogP contribution in [0.5, 0.6) is 0 Å². The first-order valence-electron chi connectivity index (χ1n) is 5.68. The molecule has 1 aliphatic carbocycles. The van der Waals surface area contributed by atoms with Gasteiger partial charge in [-0.3, -0.25) is 0 Å². The molecule has 1 aromatic heterocycles. The highest BCUT2D eigenvalue weighted by Gasteiger charge is 2.22. The van der Waals surface area contributed by atoms with Crippen molar-refractivity contribution in [2.24, 2.45) is 12.8 Å². The van der Waals surface area contributed by atoms with Crippen LogP contribution in [0.3, 0.4) is 0 Å². The molecule has 1 heterocycles. The standard InChI is InChI=1S/C13H15BrN2/c1-16-12-5-2-8(14)6-11(12)10-4-3-9(15)7-13(10)16/h2,5-6,9H,3-4,7,15H2,1H3. The van der Waals surface area contributed by atoms with E-state index in [9.17, 15) is 0 Å². The number of nitrogens with zero attached hydrogens (tertiary/aromatic N) is 1. The number of aromatic nitrogens is 1. The van der Waals surface area contributed by atoms with Gasteiger partial charge in [0.1, 0.15) is 0 Å². The van der Waals surface area contributed by atoms with Crippen LogP contribution in [0.1, 0.15) is 17.7 Å². The van der Waals surface area contributed by atoms with E-state index in [4.69, 9.17) is 5.73 Å². The summed E-state index contributed by atoms with van der Waals surface area (Å²) >= 11 is 3.55. The van der Waals surface area contributed by atoms with Crippen LogP contribution < -0.4 is 5.73 Å². The number of rotatable bonds is 0. The molecule has 16 heavy (non-hydrogen) atoms. The smallest absolute Gasteiger partial charge is 0.0483 e. The van der Waals surface area contributed by atoms with Gasteiger partial charge in [-0.1, -0.05) is 15.9 Å². The van der Waals surface area contributed by atoms with E-state index in [1.165, 1.54) is 22.2 Å². The van der Waals surface area contributed by atoms with Crippen LogP contribution in [0.2, 0.25) is 0 Å². The summed E-state index contributed by atoms with van der Waals surface area (Å²) in [6.45, 7) is 0. The quantitative estimate of drug-likeness (QED) is 0.790. The minimum absolute atomic E-state index is 0.332. The Balaban J connectivity index is 2.32. The minimum Gasteiger partial charge on any atom is -0.347 e. The van der Waals surface area contributed by atoms with E-state index < -0.39 is 0 Å². The molecule has 0 spiro atoms. The first kappa shape index (κ1) is 10.4. The summed E-state index contributed by atoms with van der Waals surface area (Å²) < 4.78 is 3.46. The molecule has 0 fully saturated rings. The third-order valence-electron chi connectivity index (χ3n) is 3.62. The van der Waals surface area contributed by atoms with Gasteiger partial charge in [-0.2, -0.15) is 0 Å². The molecular weight excluding hydrogens is 264 g/mol. The Morgan fingerprint density at radius 2 is 2.25 bits per heavy atom. The van der Waals surface area contributed by atoms with Crippen LogP contribution in [0.25, 0.3) is 10.9 Å². The predicted molar refractivity (Wildman–Crippen MR) is 70.6 cm³/mol. The fraction of sp³-hybridized carbons (Fsp3) is 0.385. The summed E-state index contributed by atoms with van der Waals surface area (Å²) in [6, 6.07) is 6.85. The second-order valence-electron chi connectivity index (χ2n) is 4.65. The van der Waals surface area contributed by atoms with E-state index in [1.807, 2.05) is 0 Å². The zero-order valence-corrected chi connectivity index (χ0v) is 10.9. The number of nitrogens with two attached hydrogens (primary N) is 1. The maximum absolute atomic E-state index is 6.05. The summed E-state index contributed by atoms with van der Waals surface area (Å²) in [4.78, 5) is 0. The lowest BCUT2D eigenvalue weighted by Gasteiger charge is -2.19. The van der Waals surface area contributed by atoms with Crippen molar-refractivity contribution in [3.8, 4) is 0 Å². The summed E-state index contributed by atoms with van der Waals surface area (Å²) in [5.41, 5.74) is 10.3. The molecule has 1 atom stereocenters. The van der Waals surface area contributed by atoms with Gasteiger partial charge < -0.3 is 10.3 Å². The Kier molecular flexibility index (Phi) is 2.33. The molecular formula is C13H15BrN2. The molecule has 0 aliphatic heterocycles. The van der Waals surface area contributed by atoms with Gasteiger partial charge in [0.25, 0.3) is 0 Å². The highest BCUT2D eigenvalue weighted by atomic mass is 79.9. The molecule has 84 valence electrons. The zero-order chi connectivity index (χ0) is 11.3. The van der Waals surface area contributed by atoms with Crippen molar-refractivity contribution in [1.82, 2.24) is 4.57 Å². The number of hydrogen-bond donors (Lipinski definition) is 1. The van der Waals surface area contributed by atoms with Gasteiger partial charge >= 0.3 is 0 Å². The molecule has 0 saturated carbocycles. The average Bonchev–Trinajstić information content (AvgIpc) is 2.52. The number of aryl methyl sites for hydroxylation is 2. The van der Waals surface area contributed by atoms with Crippen LogP contribution in [-0.2, 0) is 19.9 Å². The van der Waals surface area contributed by atoms with Gasteiger partial charge in [-0.25, -0.2) is 0 Å². The summed E-state index contributed by atoms with van der Waals surface area (Å²) in [5.74, 6) is 0. The van der Waals surface area contributed by atoms with Crippen LogP contribution in [0.15, 0.2) is 22.7 Å². The summed E-state index contributed by atoms with van der Waals surface area (Å²) in [6.07, 6.45) is 3.24. The molecule has 3 rings (SSSR count). The van der Waals surface area contributed by atoms with Crippen molar-refractivity contribution in [2.75, 3.05) is 0 Å². The lowest BCUT2D eigenvalue weighted by molar-refractivity contribution is 0.558. The predicted octanol–water partition coefficient (Wildman–Crippen LogP) is 2.76. The van der Waals surface area contributed by atoms with E-state index in [1.54, 1.807) is 0 Å². The molecule has 0 amide bonds. The molecule has 1 aliphatic rings. The molecule has 0 bridgehead atoms. The third-order valence-corrected chi connectivity index (χ3v) is 4.11. The van der Waals surface area contributed by atoms with Gasteiger partial charge in [0.2, 0.25) is 0 Å². The van der Waals surface area contributed by atoms with Crippen LogP contribution in [0.4, 0.5) is 0 Å². The van der Waals surface area contributed by atoms with Gasteiger partial charge in [0, 0.05) is 40.6 Å². The van der Waals surface area contributed by atoms with Gasteiger partial charge in [-0.05, 0) is 36.6 Å². The first-order chi connectivity index (χ1) is 7.66. The lowest BCUT2D eigenvalue weighted by atomic mass is 9.92. The van der Waals surface area contributed by atoms with E-state index in [-0.39, 0.29) is 0 Å². The minimum atomic E-state index is 0.332. The monoisotopic (exact) mass is 278 g/mol. The van der Waals surface area contributed by atoms with E-state index in [0.717, 1.165) is 23.7 Å². The maximum atomic E-state index is 6.05. The highest BCUT2D eigenvalue weighted by molar-refractivity contribution is 9.10. The van der Waals surface area contributed by atoms with Crippen molar-refractivity contribution in [3.63, 3.8) is 0 Å². The molecule has 2 nitrogen and oxygen atoms in total. The normalized spacial score (nSPS) is 20.1. The SMILES string of the molecule is Cn1c2c(c3cc(Br)ccc31)CCC(N)C2. The lowest BCUT2D eigenvalue weighted by Crippen LogP contribution is -2.28. The summed E-state index contributed by atoms with van der Waals surface area (Å²) in [7, 11) is 2.15. The molecule has 2 N–H and O–H groups in total. The molecule has 0 saturated heterocycles. The molecule has 2 aromatic rings. The van der Waals surface area contributed by atoms with Crippen molar-refractivity contribution < 1.29 is 0 Å². The first-order valence-corrected chi connectivity index (χ1v) is 6.47. The number of fused-ring (bicyclic) bond motifs is 3. The number of halogens is 1. The van der Waals surface area contributed by atoms with E-state index >= 15 is 0 Å². The molecule has 0 radical (unpaired) electrons. The third kappa shape index (κ3) is 1.42. The van der Waals surface area contributed by atoms with Crippen molar-refractivity contribution in [1.29, 1.82) is 0 Å². The fourth-order valence-electron chi connectivity index (χ4n) is 2.76. The van der Waals surface area contributed by atoms with Gasteiger partial charge in [-0.15, -0.1) is 0 Å². The molecule has 1 aromatic carbocycles. The van der Waals surface area contributed by atoms with Gasteiger partial charge in [0.15, 0.2) is 0 Å². The molecule has 1 unspecified atom stereocenters. The van der Waals surface area contributed by atoms with Crippen molar-refractivity contribution in [2.45, 2.75) is 25.3 Å². The van der Waals surface area contributed by atoms with E-state index in [0.29, 0.717) is 6.04 Å². The Labute approximate surface area is 104 Å². The summed E-state index contributed by atoms with van der Waals surface area (Å²) in [5, 5.41) is 1.39. The number of benzene rings is 1.